The van der Waals surface area contributed by atoms with Gasteiger partial charge in [-0.05, 0) is 37.1 Å². The number of hydrogen-bond acceptors (Lipinski definition) is 4. The summed E-state index contributed by atoms with van der Waals surface area (Å²) in [6, 6.07) is 15.6. The van der Waals surface area contributed by atoms with Crippen molar-refractivity contribution in [2.24, 2.45) is 4.99 Å². The van der Waals surface area contributed by atoms with Crippen LogP contribution in [0.4, 0.5) is 0 Å². The van der Waals surface area contributed by atoms with Crippen molar-refractivity contribution in [2.45, 2.75) is 33.5 Å². The number of ether oxygens (including phenoxy) is 1. The topological polar surface area (TPSA) is 71.7 Å². The first-order valence-electron chi connectivity index (χ1n) is 9.38. The summed E-state index contributed by atoms with van der Waals surface area (Å²) in [6.07, 6.45) is 0. The van der Waals surface area contributed by atoms with Gasteiger partial charge in [-0.1, -0.05) is 48.0 Å². The molecule has 3 rings (SSSR count). The van der Waals surface area contributed by atoms with Crippen LogP contribution in [0.2, 0.25) is 5.02 Å². The van der Waals surface area contributed by atoms with Crippen LogP contribution >= 0.6 is 35.6 Å². The lowest BCUT2D eigenvalue weighted by atomic mass is 10.1. The molecule has 0 atom stereocenters. The number of oxazole rings is 1. The molecule has 0 aliphatic carbocycles. The van der Waals surface area contributed by atoms with Crippen LogP contribution in [0.15, 0.2) is 57.9 Å². The van der Waals surface area contributed by atoms with Crippen LogP contribution in [-0.4, -0.2) is 18.0 Å². The summed E-state index contributed by atoms with van der Waals surface area (Å²) in [5, 5.41) is 7.13. The molecule has 0 aliphatic rings. The number of guanidine groups is 1. The van der Waals surface area contributed by atoms with Gasteiger partial charge >= 0.3 is 0 Å². The van der Waals surface area contributed by atoms with Gasteiger partial charge in [-0.3, -0.25) is 4.99 Å². The molecule has 0 saturated heterocycles. The largest absolute Gasteiger partial charge is 0.487 e. The zero-order valence-electron chi connectivity index (χ0n) is 17.2. The molecule has 0 fully saturated rings. The van der Waals surface area contributed by atoms with Crippen molar-refractivity contribution in [2.75, 3.05) is 7.05 Å². The molecule has 8 heteroatoms. The minimum Gasteiger partial charge on any atom is -0.487 e. The van der Waals surface area contributed by atoms with Crippen molar-refractivity contribution in [3.63, 3.8) is 0 Å². The van der Waals surface area contributed by atoms with E-state index in [1.54, 1.807) is 7.05 Å². The highest BCUT2D eigenvalue weighted by molar-refractivity contribution is 14.0. The van der Waals surface area contributed by atoms with Crippen LogP contribution < -0.4 is 15.4 Å². The Bertz CT molecular complexity index is 971. The van der Waals surface area contributed by atoms with E-state index in [0.29, 0.717) is 42.3 Å². The number of nitrogens with zero attached hydrogens (tertiary/aromatic N) is 2. The van der Waals surface area contributed by atoms with Gasteiger partial charge in [0.2, 0.25) is 5.89 Å². The molecule has 0 saturated carbocycles. The second-order valence-corrected chi connectivity index (χ2v) is 6.92. The normalized spacial score (nSPS) is 11.0. The Morgan fingerprint density at radius 3 is 2.37 bits per heavy atom. The first-order valence-corrected chi connectivity index (χ1v) is 9.76. The van der Waals surface area contributed by atoms with Crippen molar-refractivity contribution >= 4 is 41.5 Å². The fourth-order valence-corrected chi connectivity index (χ4v) is 2.95. The molecule has 3 aromatic rings. The Balaban J connectivity index is 0.00000320. The molecular formula is C22H26ClIN4O2. The molecule has 0 aliphatic heterocycles. The second-order valence-electron chi connectivity index (χ2n) is 6.52. The van der Waals surface area contributed by atoms with Crippen LogP contribution in [0, 0.1) is 13.8 Å². The zero-order valence-corrected chi connectivity index (χ0v) is 20.3. The summed E-state index contributed by atoms with van der Waals surface area (Å²) < 4.78 is 11.5. The van der Waals surface area contributed by atoms with Gasteiger partial charge in [0, 0.05) is 13.6 Å². The summed E-state index contributed by atoms with van der Waals surface area (Å²) in [7, 11) is 1.73. The van der Waals surface area contributed by atoms with E-state index in [2.05, 4.69) is 26.7 Å². The zero-order chi connectivity index (χ0) is 20.6. The lowest BCUT2D eigenvalue weighted by Crippen LogP contribution is -2.36. The van der Waals surface area contributed by atoms with E-state index in [-0.39, 0.29) is 24.0 Å². The van der Waals surface area contributed by atoms with Crippen molar-refractivity contribution in [3.8, 4) is 5.75 Å². The van der Waals surface area contributed by atoms with Crippen LogP contribution in [0.5, 0.6) is 5.75 Å². The molecule has 30 heavy (non-hydrogen) atoms. The third-order valence-electron chi connectivity index (χ3n) is 4.49. The average molecular weight is 541 g/mol. The molecule has 0 radical (unpaired) electrons. The van der Waals surface area contributed by atoms with Crippen LogP contribution in [0.3, 0.4) is 0 Å². The van der Waals surface area contributed by atoms with Crippen molar-refractivity contribution in [1.29, 1.82) is 0 Å². The van der Waals surface area contributed by atoms with Crippen molar-refractivity contribution < 1.29 is 9.15 Å². The number of benzene rings is 2. The maximum atomic E-state index is 6.17. The number of aliphatic imine (C=N–C) groups is 1. The fourth-order valence-electron chi connectivity index (χ4n) is 2.76. The van der Waals surface area contributed by atoms with E-state index in [9.17, 15) is 0 Å². The molecular weight excluding hydrogens is 515 g/mol. The predicted octanol–water partition coefficient (Wildman–Crippen LogP) is 5.01. The van der Waals surface area contributed by atoms with E-state index in [1.807, 2.05) is 56.3 Å². The highest BCUT2D eigenvalue weighted by Crippen LogP contribution is 2.24. The minimum atomic E-state index is 0. The van der Waals surface area contributed by atoms with E-state index < -0.39 is 0 Å². The highest BCUT2D eigenvalue weighted by Gasteiger charge is 2.08. The minimum absolute atomic E-state index is 0. The molecule has 0 unspecified atom stereocenters. The van der Waals surface area contributed by atoms with Gasteiger partial charge in [-0.15, -0.1) is 24.0 Å². The maximum Gasteiger partial charge on any atom is 0.214 e. The van der Waals surface area contributed by atoms with Gasteiger partial charge in [0.15, 0.2) is 5.96 Å². The maximum absolute atomic E-state index is 6.17. The van der Waals surface area contributed by atoms with Crippen LogP contribution in [0.25, 0.3) is 0 Å². The monoisotopic (exact) mass is 540 g/mol. The standard InChI is InChI=1S/C22H25ClN4O2.HI/c1-15-16(2)29-21(27-15)13-26-22(24-3)25-12-17-8-4-5-9-18(17)14-28-20-11-7-6-10-19(20)23;/h4-11H,12-14H2,1-3H3,(H2,24,25,26);1H. The number of para-hydroxylation sites is 1. The lowest BCUT2D eigenvalue weighted by Gasteiger charge is -2.14. The highest BCUT2D eigenvalue weighted by atomic mass is 127. The van der Waals surface area contributed by atoms with E-state index in [0.717, 1.165) is 22.6 Å². The molecule has 0 amide bonds. The quantitative estimate of drug-likeness (QED) is 0.251. The smallest absolute Gasteiger partial charge is 0.214 e. The molecule has 1 heterocycles. The van der Waals surface area contributed by atoms with Gasteiger partial charge in [0.1, 0.15) is 18.1 Å². The third kappa shape index (κ3) is 6.63. The first-order chi connectivity index (χ1) is 14.1. The summed E-state index contributed by atoms with van der Waals surface area (Å²) >= 11 is 6.17. The van der Waals surface area contributed by atoms with Gasteiger partial charge in [0.25, 0.3) is 0 Å². The average Bonchev–Trinajstić information content (AvgIpc) is 3.05. The predicted molar refractivity (Wildman–Crippen MR) is 131 cm³/mol. The Kier molecular flexibility index (Phi) is 9.45. The van der Waals surface area contributed by atoms with Crippen LogP contribution in [-0.2, 0) is 19.7 Å². The Morgan fingerprint density at radius 2 is 1.70 bits per heavy atom. The molecule has 2 N–H and O–H groups in total. The van der Waals surface area contributed by atoms with Gasteiger partial charge in [-0.2, -0.15) is 0 Å². The summed E-state index contributed by atoms with van der Waals surface area (Å²) in [6.45, 7) is 5.33. The summed E-state index contributed by atoms with van der Waals surface area (Å²) in [5.41, 5.74) is 3.09. The molecule has 2 aromatic carbocycles. The number of nitrogens with one attached hydrogen (secondary N) is 2. The molecule has 0 bridgehead atoms. The van der Waals surface area contributed by atoms with Gasteiger partial charge in [0.05, 0.1) is 17.3 Å². The van der Waals surface area contributed by atoms with E-state index in [4.69, 9.17) is 20.8 Å². The summed E-state index contributed by atoms with van der Waals surface area (Å²) in [4.78, 5) is 8.63. The van der Waals surface area contributed by atoms with E-state index in [1.165, 1.54) is 0 Å². The number of hydrogen-bond donors (Lipinski definition) is 2. The molecule has 160 valence electrons. The third-order valence-corrected chi connectivity index (χ3v) is 4.80. The molecule has 0 spiro atoms. The number of halogens is 2. The van der Waals surface area contributed by atoms with Gasteiger partial charge < -0.3 is 19.8 Å². The first kappa shape index (κ1) is 24.0. The lowest BCUT2D eigenvalue weighted by molar-refractivity contribution is 0.305. The van der Waals surface area contributed by atoms with Crippen molar-refractivity contribution in [3.05, 3.63) is 82.0 Å². The van der Waals surface area contributed by atoms with Crippen molar-refractivity contribution in [1.82, 2.24) is 15.6 Å². The number of aryl methyl sites for hydroxylation is 2. The summed E-state index contributed by atoms with van der Waals surface area (Å²) in [5.74, 6) is 2.81. The van der Waals surface area contributed by atoms with E-state index >= 15 is 0 Å². The Labute approximate surface area is 199 Å². The fraction of sp³-hybridized carbons (Fsp3) is 0.273. The number of aromatic nitrogens is 1. The Morgan fingerprint density at radius 1 is 1.03 bits per heavy atom. The number of rotatable bonds is 7. The Hall–Kier alpha value is -2.26. The van der Waals surface area contributed by atoms with Gasteiger partial charge in [-0.25, -0.2) is 4.98 Å². The second kappa shape index (κ2) is 11.8. The molecule has 1 aromatic heterocycles. The van der Waals surface area contributed by atoms with Crippen LogP contribution in [0.1, 0.15) is 28.5 Å². The SMILES string of the molecule is CN=C(NCc1nc(C)c(C)o1)NCc1ccccc1COc1ccccc1Cl.I. The molecule has 6 nitrogen and oxygen atoms in total.